The number of cyclic esters (lactones) is 1. The number of fused-ring (bicyclic) bond motifs is 6. The van der Waals surface area contributed by atoms with Crippen molar-refractivity contribution in [1.29, 1.82) is 0 Å². The average Bonchev–Trinajstić information content (AvgIpc) is 3.55. The summed E-state index contributed by atoms with van der Waals surface area (Å²) in [4.78, 5) is 53.0. The summed E-state index contributed by atoms with van der Waals surface area (Å²) >= 11 is 0. The molecule has 0 bridgehead atoms. The molecular formula is C31H38O10. The Bertz CT molecular complexity index is 1320. The normalized spacial score (nSPS) is 45.2. The first-order valence-corrected chi connectivity index (χ1v) is 14.4. The third kappa shape index (κ3) is 3.62. The van der Waals surface area contributed by atoms with Gasteiger partial charge in [0.1, 0.15) is 24.4 Å². The van der Waals surface area contributed by atoms with Crippen molar-refractivity contribution < 1.29 is 47.6 Å². The topological polar surface area (TPSA) is 139 Å². The van der Waals surface area contributed by atoms with Gasteiger partial charge in [-0.15, -0.1) is 0 Å². The van der Waals surface area contributed by atoms with Gasteiger partial charge in [-0.2, -0.15) is 0 Å². The number of ether oxygens (including phenoxy) is 4. The van der Waals surface area contributed by atoms with Gasteiger partial charge in [-0.1, -0.05) is 34.3 Å². The van der Waals surface area contributed by atoms with E-state index in [0.717, 1.165) is 0 Å². The van der Waals surface area contributed by atoms with Gasteiger partial charge in [0.25, 0.3) is 0 Å². The molecule has 1 N–H and O–H groups in total. The molecule has 5 fully saturated rings. The summed E-state index contributed by atoms with van der Waals surface area (Å²) < 4.78 is 29.5. The molecule has 0 aromatic carbocycles. The van der Waals surface area contributed by atoms with Crippen LogP contribution in [0.15, 0.2) is 35.2 Å². The van der Waals surface area contributed by atoms with E-state index in [0.29, 0.717) is 5.56 Å². The van der Waals surface area contributed by atoms with E-state index in [9.17, 15) is 24.3 Å². The predicted octanol–water partition coefficient (Wildman–Crippen LogP) is 3.26. The molecule has 0 amide bonds. The Labute approximate surface area is 238 Å². The number of aliphatic hydroxyl groups is 1. The van der Waals surface area contributed by atoms with Crippen molar-refractivity contribution in [3.63, 3.8) is 0 Å². The number of Topliss-reactive ketones (excluding diaryl/α,β-unsaturated/α-hetero) is 1. The number of hydrogen-bond donors (Lipinski definition) is 1. The minimum absolute atomic E-state index is 0.00950. The largest absolute Gasteiger partial charge is 0.472 e. The fraction of sp³-hybridized carbons (Fsp3) is 0.677. The van der Waals surface area contributed by atoms with E-state index < -0.39 is 81.8 Å². The molecule has 10 heteroatoms. The highest BCUT2D eigenvalue weighted by Crippen LogP contribution is 2.70. The lowest BCUT2D eigenvalue weighted by Gasteiger charge is -2.58. The van der Waals surface area contributed by atoms with E-state index in [1.165, 1.54) is 12.5 Å². The van der Waals surface area contributed by atoms with Gasteiger partial charge in [-0.25, -0.2) is 0 Å². The summed E-state index contributed by atoms with van der Waals surface area (Å²) in [6.45, 7) is 13.4. The van der Waals surface area contributed by atoms with Crippen molar-refractivity contribution in [2.24, 2.45) is 28.6 Å². The summed E-state index contributed by atoms with van der Waals surface area (Å²) in [5, 5.41) is 12.6. The van der Waals surface area contributed by atoms with Crippen LogP contribution in [0.3, 0.4) is 0 Å². The molecule has 2 saturated carbocycles. The lowest BCUT2D eigenvalue weighted by molar-refractivity contribution is -0.211. The van der Waals surface area contributed by atoms with Gasteiger partial charge in [-0.3, -0.25) is 19.2 Å². The Balaban J connectivity index is 1.54. The first-order chi connectivity index (χ1) is 19.2. The molecule has 3 aliphatic heterocycles. The highest BCUT2D eigenvalue weighted by atomic mass is 16.6. The van der Waals surface area contributed by atoms with E-state index in [2.05, 4.69) is 6.58 Å². The van der Waals surface area contributed by atoms with Gasteiger partial charge in [-0.05, 0) is 30.0 Å². The second-order valence-corrected chi connectivity index (χ2v) is 13.6. The molecule has 4 heterocycles. The minimum Gasteiger partial charge on any atom is -0.472 e. The third-order valence-corrected chi connectivity index (χ3v) is 10.9. The van der Waals surface area contributed by atoms with Crippen LogP contribution in [0.4, 0.5) is 0 Å². The molecule has 3 saturated heterocycles. The molecule has 0 radical (unpaired) electrons. The first kappa shape index (κ1) is 28.2. The number of ketones is 1. The van der Waals surface area contributed by atoms with Crippen LogP contribution in [0.25, 0.3) is 0 Å². The maximum absolute atomic E-state index is 14.0. The van der Waals surface area contributed by atoms with Gasteiger partial charge < -0.3 is 28.5 Å². The smallest absolute Gasteiger partial charge is 0.309 e. The van der Waals surface area contributed by atoms with E-state index in [1.807, 2.05) is 20.8 Å². The number of hydrogen-bond acceptors (Lipinski definition) is 10. The van der Waals surface area contributed by atoms with Crippen LogP contribution in [0.1, 0.15) is 71.8 Å². The third-order valence-electron chi connectivity index (χ3n) is 10.9. The molecule has 0 spiro atoms. The number of furan rings is 1. The van der Waals surface area contributed by atoms with Gasteiger partial charge in [0, 0.05) is 36.0 Å². The highest BCUT2D eigenvalue weighted by Gasteiger charge is 2.79. The summed E-state index contributed by atoms with van der Waals surface area (Å²) in [7, 11) is 0. The van der Waals surface area contributed by atoms with Gasteiger partial charge >= 0.3 is 17.9 Å². The van der Waals surface area contributed by atoms with E-state index in [-0.39, 0.29) is 43.8 Å². The van der Waals surface area contributed by atoms with Crippen molar-refractivity contribution in [3.05, 3.63) is 36.3 Å². The number of carbonyl (C=O) groups is 4. The summed E-state index contributed by atoms with van der Waals surface area (Å²) in [6, 6.07) is 1.74. The Kier molecular flexibility index (Phi) is 6.19. The molecule has 6 rings (SSSR count). The number of esters is 3. The fourth-order valence-electron chi connectivity index (χ4n) is 8.94. The van der Waals surface area contributed by atoms with E-state index in [1.54, 1.807) is 19.9 Å². The van der Waals surface area contributed by atoms with Crippen LogP contribution in [0.5, 0.6) is 0 Å². The van der Waals surface area contributed by atoms with Crippen LogP contribution in [0.2, 0.25) is 0 Å². The van der Waals surface area contributed by atoms with Crippen molar-refractivity contribution >= 4 is 23.7 Å². The van der Waals surface area contributed by atoms with Gasteiger partial charge in [0.15, 0.2) is 11.4 Å². The maximum Gasteiger partial charge on any atom is 0.309 e. The monoisotopic (exact) mass is 570 g/mol. The van der Waals surface area contributed by atoms with Crippen LogP contribution in [-0.4, -0.2) is 64.9 Å². The summed E-state index contributed by atoms with van der Waals surface area (Å²) in [6.07, 6.45) is 0.334. The average molecular weight is 571 g/mol. The Morgan fingerprint density at radius 2 is 1.88 bits per heavy atom. The molecule has 5 aliphatic rings. The fourth-order valence-corrected chi connectivity index (χ4v) is 8.94. The molecule has 1 aromatic rings. The van der Waals surface area contributed by atoms with Crippen molar-refractivity contribution in [3.8, 4) is 0 Å². The zero-order chi connectivity index (χ0) is 29.7. The lowest BCUT2D eigenvalue weighted by Crippen LogP contribution is -2.68. The Hall–Kier alpha value is -2.98. The van der Waals surface area contributed by atoms with Crippen molar-refractivity contribution in [1.82, 2.24) is 0 Å². The Morgan fingerprint density at radius 1 is 1.15 bits per heavy atom. The Morgan fingerprint density at radius 3 is 2.54 bits per heavy atom. The van der Waals surface area contributed by atoms with Crippen LogP contribution < -0.4 is 0 Å². The quantitative estimate of drug-likeness (QED) is 0.326. The van der Waals surface area contributed by atoms with Crippen LogP contribution in [-0.2, 0) is 38.1 Å². The van der Waals surface area contributed by atoms with Gasteiger partial charge in [0.2, 0.25) is 0 Å². The van der Waals surface area contributed by atoms with E-state index >= 15 is 0 Å². The van der Waals surface area contributed by atoms with Crippen LogP contribution >= 0.6 is 0 Å². The second kappa shape index (κ2) is 9.01. The van der Waals surface area contributed by atoms with Gasteiger partial charge in [0.05, 0.1) is 36.9 Å². The molecule has 0 unspecified atom stereocenters. The molecular weight excluding hydrogens is 532 g/mol. The molecule has 222 valence electrons. The molecule has 2 aliphatic carbocycles. The number of rotatable bonds is 4. The van der Waals surface area contributed by atoms with Crippen LogP contribution in [0, 0.1) is 28.6 Å². The standard InChI is InChI=1S/C31H38O10/c1-15(2)9-23(34)40-27-26-25(16(3)31(36)20(32)10-18(30(27,31)6)17-7-8-37-13-17)29(5)19-11-22(33)38-14-28(19,4)41-24(35)12-21(29)39-26/h7-8,13,15,18-19,21,25-27,36H,3,9-12,14H2,1-2,4-6H3/t18-,19-,21-,25-,26+,27-,28+,29+,30+,31+/m0/s1. The predicted molar refractivity (Wildman–Crippen MR) is 141 cm³/mol. The SMILES string of the molecule is C=C1[C@H]2[C@@H](O[C@H]3CC(=O)O[C@]4(C)COC(=O)C[C@@H]4[C@]32C)[C@H](OC(=O)CC(C)C)[C@@]2(C)[C@H](c3ccoc3)CC(=O)[C@]12O. The summed E-state index contributed by atoms with van der Waals surface area (Å²) in [5.41, 5.74) is -4.64. The molecule has 41 heavy (non-hydrogen) atoms. The van der Waals surface area contributed by atoms with Crippen molar-refractivity contribution in [2.45, 2.75) is 95.7 Å². The maximum atomic E-state index is 14.0. The zero-order valence-electron chi connectivity index (χ0n) is 24.1. The minimum atomic E-state index is -2.08. The number of carbonyl (C=O) groups excluding carboxylic acids is 4. The van der Waals surface area contributed by atoms with E-state index in [4.69, 9.17) is 23.4 Å². The molecule has 1 aromatic heterocycles. The lowest BCUT2D eigenvalue weighted by atomic mass is 9.48. The highest BCUT2D eigenvalue weighted by molar-refractivity contribution is 5.96. The molecule has 10 nitrogen and oxygen atoms in total. The molecule has 10 atom stereocenters. The zero-order valence-corrected chi connectivity index (χ0v) is 24.1. The second-order valence-electron chi connectivity index (χ2n) is 13.6. The summed E-state index contributed by atoms with van der Waals surface area (Å²) in [5.74, 6) is -3.70. The first-order valence-electron chi connectivity index (χ1n) is 14.4. The van der Waals surface area contributed by atoms with Crippen molar-refractivity contribution in [2.75, 3.05) is 6.61 Å².